The summed E-state index contributed by atoms with van der Waals surface area (Å²) < 4.78 is 11.0. The van der Waals surface area contributed by atoms with E-state index in [0.29, 0.717) is 32.2 Å². The lowest BCUT2D eigenvalue weighted by molar-refractivity contribution is -0.153. The Morgan fingerprint density at radius 2 is 1.54 bits per heavy atom. The molecule has 1 unspecified atom stereocenters. The highest BCUT2D eigenvalue weighted by Gasteiger charge is 2.54. The summed E-state index contributed by atoms with van der Waals surface area (Å²) in [5.74, 6) is -0.834. The highest BCUT2D eigenvalue weighted by molar-refractivity contribution is 8.00. The highest BCUT2D eigenvalue weighted by Crippen LogP contribution is 2.43. The number of carbonyl (C=O) groups is 3. The number of hydrogen-bond donors (Lipinski definition) is 2. The van der Waals surface area contributed by atoms with E-state index >= 15 is 0 Å². The van der Waals surface area contributed by atoms with Gasteiger partial charge in [-0.15, -0.1) is 34.4 Å². The third kappa shape index (κ3) is 8.55. The number of nitrogens with zero attached hydrogens (tertiary/aromatic N) is 4. The van der Waals surface area contributed by atoms with Gasteiger partial charge in [0.2, 0.25) is 0 Å². The first-order valence-corrected chi connectivity index (χ1v) is 22.1. The first-order valence-electron chi connectivity index (χ1n) is 18.9. The van der Waals surface area contributed by atoms with Gasteiger partial charge in [0.1, 0.15) is 53.0 Å². The second-order valence-electron chi connectivity index (χ2n) is 13.6. The van der Waals surface area contributed by atoms with Crippen molar-refractivity contribution in [3.8, 4) is 5.75 Å². The lowest BCUT2D eigenvalue weighted by atomic mass is 9.77. The number of fused-ring (bicyclic) bond motifs is 1. The topological polar surface area (TPSA) is 144 Å². The lowest BCUT2D eigenvalue weighted by Gasteiger charge is -2.49. The van der Waals surface area contributed by atoms with E-state index in [2.05, 4.69) is 57.2 Å². The van der Waals surface area contributed by atoms with Crippen molar-refractivity contribution in [3.63, 3.8) is 0 Å². The quantitative estimate of drug-likeness (QED) is 0.0341. The van der Waals surface area contributed by atoms with Crippen molar-refractivity contribution in [1.82, 2.24) is 20.2 Å². The van der Waals surface area contributed by atoms with Crippen molar-refractivity contribution >= 4 is 80.7 Å². The molecular formula is C45H37ClN6O6S3. The molecule has 2 aliphatic rings. The number of β-lactam (4-membered cyclic amide) rings is 1. The second-order valence-corrected chi connectivity index (χ2v) is 16.8. The van der Waals surface area contributed by atoms with E-state index in [9.17, 15) is 14.4 Å². The van der Waals surface area contributed by atoms with Gasteiger partial charge in [0, 0.05) is 11.1 Å². The number of benzene rings is 4. The number of esters is 1. The number of carbonyl (C=O) groups excluding carboxylic acids is 3. The summed E-state index contributed by atoms with van der Waals surface area (Å²) in [6.45, 7) is -0.0332. The van der Waals surface area contributed by atoms with E-state index < -0.39 is 34.7 Å². The number of hydrogen-bond acceptors (Lipinski definition) is 13. The fourth-order valence-electron chi connectivity index (χ4n) is 7.11. The third-order valence-corrected chi connectivity index (χ3v) is 13.3. The van der Waals surface area contributed by atoms with E-state index in [1.807, 2.05) is 54.6 Å². The Hall–Kier alpha value is -6.26. The largest absolute Gasteiger partial charge is 0.497 e. The second kappa shape index (κ2) is 18.6. The maximum atomic E-state index is 14.1. The molecule has 0 bridgehead atoms. The van der Waals surface area contributed by atoms with Gasteiger partial charge >= 0.3 is 5.97 Å². The molecule has 1 fully saturated rings. The molecule has 0 saturated carbocycles. The van der Waals surface area contributed by atoms with Gasteiger partial charge in [-0.3, -0.25) is 14.5 Å². The molecule has 0 aliphatic carbocycles. The van der Waals surface area contributed by atoms with Crippen molar-refractivity contribution < 1.29 is 28.7 Å². The molecule has 2 N–H and O–H groups in total. The minimum absolute atomic E-state index is 0.0332. The zero-order valence-electron chi connectivity index (χ0n) is 32.7. The number of ether oxygens (including phenoxy) is 2. The molecule has 8 rings (SSSR count). The average Bonchev–Trinajstić information content (AvgIpc) is 3.96. The number of halogens is 1. The Bertz CT molecular complexity index is 2520. The average molecular weight is 889 g/mol. The molecule has 16 heteroatoms. The van der Waals surface area contributed by atoms with Gasteiger partial charge in [-0.1, -0.05) is 126 Å². The zero-order valence-corrected chi connectivity index (χ0v) is 35.9. The molecular weight excluding hydrogens is 852 g/mol. The minimum Gasteiger partial charge on any atom is -0.497 e. The molecule has 4 aromatic carbocycles. The summed E-state index contributed by atoms with van der Waals surface area (Å²) in [6.07, 6.45) is 3.50. The minimum atomic E-state index is -0.983. The molecule has 1 saturated heterocycles. The van der Waals surface area contributed by atoms with Crippen LogP contribution in [0.2, 0.25) is 5.15 Å². The molecule has 12 nitrogen and oxygen atoms in total. The molecule has 4 heterocycles. The van der Waals surface area contributed by atoms with Gasteiger partial charge in [-0.05, 0) is 46.0 Å². The number of amides is 2. The van der Waals surface area contributed by atoms with Gasteiger partial charge in [0.05, 0.1) is 17.5 Å². The number of nitrogens with one attached hydrogen (secondary N) is 2. The molecule has 308 valence electrons. The van der Waals surface area contributed by atoms with Crippen LogP contribution in [0.4, 0.5) is 5.13 Å². The van der Waals surface area contributed by atoms with Crippen LogP contribution >= 0.6 is 46.0 Å². The van der Waals surface area contributed by atoms with Crippen LogP contribution in [0.15, 0.2) is 149 Å². The Kier molecular flexibility index (Phi) is 12.6. The fourth-order valence-corrected chi connectivity index (χ4v) is 10.1. The first-order chi connectivity index (χ1) is 29.8. The maximum absolute atomic E-state index is 14.1. The van der Waals surface area contributed by atoms with E-state index in [4.69, 9.17) is 30.9 Å². The van der Waals surface area contributed by atoms with Crippen molar-refractivity contribution in [2.45, 2.75) is 23.6 Å². The number of rotatable bonds is 15. The molecule has 6 aromatic rings. The van der Waals surface area contributed by atoms with E-state index in [1.165, 1.54) is 46.4 Å². The van der Waals surface area contributed by atoms with Crippen molar-refractivity contribution in [2.75, 3.05) is 25.3 Å². The van der Waals surface area contributed by atoms with Crippen LogP contribution < -0.4 is 15.4 Å². The van der Waals surface area contributed by atoms with Crippen LogP contribution in [0.1, 0.15) is 32.8 Å². The summed E-state index contributed by atoms with van der Waals surface area (Å²) in [7, 11) is 2.90. The predicted molar refractivity (Wildman–Crippen MR) is 239 cm³/mol. The normalized spacial score (nSPS) is 16.5. The summed E-state index contributed by atoms with van der Waals surface area (Å²) in [5, 5.41) is 12.6. The van der Waals surface area contributed by atoms with Crippen LogP contribution in [0.25, 0.3) is 6.08 Å². The van der Waals surface area contributed by atoms with Crippen molar-refractivity contribution in [3.05, 3.63) is 181 Å². The molecule has 0 spiro atoms. The van der Waals surface area contributed by atoms with Gasteiger partial charge in [0.25, 0.3) is 11.8 Å². The first kappa shape index (κ1) is 41.5. The molecule has 0 radical (unpaired) electrons. The molecule has 2 aliphatic heterocycles. The van der Waals surface area contributed by atoms with Gasteiger partial charge in [-0.25, -0.2) is 14.8 Å². The summed E-state index contributed by atoms with van der Waals surface area (Å²) in [6, 6.07) is 36.4. The molecule has 2 atom stereocenters. The number of anilines is 1. The fraction of sp³-hybridized carbons (Fsp3) is 0.156. The lowest BCUT2D eigenvalue weighted by Crippen LogP contribution is -2.71. The maximum Gasteiger partial charge on any atom is 0.355 e. The monoisotopic (exact) mass is 888 g/mol. The standard InChI is InChI=1S/C45H37ClN6O6S3/c1-56-33-21-18-28(19-22-33)24-58-43(55)38-29(20-23-35-39(46)47-27-61-35)25-59-42-37(41(54)52(38)42)49-40(53)36(51-57-2)34-26-60-44(48-34)50-45(30-12-6-3-7-13-30,31-14-8-4-9-15-31)32-16-10-5-11-17-32/h3-23,26-27,37,42H,24-25H2,1-2H3,(H,48,50)(H,49,53)/t37?,42-/m1/s1. The molecule has 61 heavy (non-hydrogen) atoms. The number of thioether (sulfide) groups is 1. The number of aromatic nitrogens is 2. The summed E-state index contributed by atoms with van der Waals surface area (Å²) >= 11 is 10.3. The number of allylic oxidation sites excluding steroid dienone is 1. The van der Waals surface area contributed by atoms with Crippen LogP contribution in [0.3, 0.4) is 0 Å². The number of oxime groups is 1. The van der Waals surface area contributed by atoms with Gasteiger partial charge in [0.15, 0.2) is 10.8 Å². The van der Waals surface area contributed by atoms with Gasteiger partial charge < -0.3 is 24.9 Å². The third-order valence-electron chi connectivity index (χ3n) is 10.1. The Balaban J connectivity index is 1.04. The Morgan fingerprint density at radius 1 is 0.902 bits per heavy atom. The van der Waals surface area contributed by atoms with Crippen molar-refractivity contribution in [1.29, 1.82) is 0 Å². The van der Waals surface area contributed by atoms with E-state index in [0.717, 1.165) is 22.3 Å². The summed E-state index contributed by atoms with van der Waals surface area (Å²) in [4.78, 5) is 58.0. The van der Waals surface area contributed by atoms with Crippen molar-refractivity contribution in [2.24, 2.45) is 5.16 Å². The molecule has 2 aromatic heterocycles. The highest BCUT2D eigenvalue weighted by atomic mass is 35.5. The van der Waals surface area contributed by atoms with Gasteiger partial charge in [-0.2, -0.15) is 0 Å². The Labute approximate surface area is 368 Å². The van der Waals surface area contributed by atoms with Crippen LogP contribution in [-0.4, -0.2) is 69.8 Å². The van der Waals surface area contributed by atoms with Crippen LogP contribution in [0.5, 0.6) is 5.75 Å². The van der Waals surface area contributed by atoms with E-state index in [1.54, 1.807) is 54.4 Å². The van der Waals surface area contributed by atoms with Crippen LogP contribution in [-0.2, 0) is 36.1 Å². The summed E-state index contributed by atoms with van der Waals surface area (Å²) in [5.41, 5.74) is 5.21. The number of methoxy groups -OCH3 is 1. The predicted octanol–water partition coefficient (Wildman–Crippen LogP) is 8.13. The SMILES string of the molecule is CON=C(C(=O)NC1C(=O)N2C(C(=O)OCc3ccc(OC)cc3)=C(C=Cc3scnc3Cl)CS[C@H]12)c1csc(NC(c2ccccc2)(c2ccccc2)c2ccccc2)n1. The number of thiazole rings is 2. The van der Waals surface area contributed by atoms with Crippen LogP contribution in [0, 0.1) is 0 Å². The van der Waals surface area contributed by atoms with E-state index in [-0.39, 0.29) is 23.7 Å². The Morgan fingerprint density at radius 3 is 2.11 bits per heavy atom. The smallest absolute Gasteiger partial charge is 0.355 e. The molecule has 2 amide bonds. The zero-order chi connectivity index (χ0) is 42.3.